The molecule has 2 fully saturated rings. The lowest BCUT2D eigenvalue weighted by atomic mass is 10.2. The summed E-state index contributed by atoms with van der Waals surface area (Å²) in [4.78, 5) is 22.6. The quantitative estimate of drug-likeness (QED) is 0.822. The van der Waals surface area contributed by atoms with Crippen LogP contribution in [0.3, 0.4) is 0 Å². The molecule has 1 aliphatic heterocycles. The van der Waals surface area contributed by atoms with Crippen LogP contribution in [0.4, 0.5) is 11.8 Å². The van der Waals surface area contributed by atoms with Crippen molar-refractivity contribution in [3.05, 3.63) is 34.5 Å². The second kappa shape index (κ2) is 6.03. The number of rotatable bonds is 3. The van der Waals surface area contributed by atoms with Crippen molar-refractivity contribution < 1.29 is 0 Å². The number of aryl methyl sites for hydroxylation is 1. The van der Waals surface area contributed by atoms with Crippen molar-refractivity contribution in [3.63, 3.8) is 0 Å². The van der Waals surface area contributed by atoms with E-state index in [0.717, 1.165) is 48.2 Å². The van der Waals surface area contributed by atoms with Gasteiger partial charge in [-0.2, -0.15) is 0 Å². The summed E-state index contributed by atoms with van der Waals surface area (Å²) in [6.07, 6.45) is 6.13. The maximum Gasteiger partial charge on any atom is 0.225 e. The smallest absolute Gasteiger partial charge is 0.225 e. The van der Waals surface area contributed by atoms with Crippen LogP contribution < -0.4 is 9.80 Å². The lowest BCUT2D eigenvalue weighted by Crippen LogP contribution is -2.47. The van der Waals surface area contributed by atoms with E-state index in [-0.39, 0.29) is 0 Å². The Morgan fingerprint density at radius 1 is 1.00 bits per heavy atom. The first kappa shape index (κ1) is 14.8. The third-order valence-electron chi connectivity index (χ3n) is 4.33. The average Bonchev–Trinajstić information content (AvgIpc) is 3.40. The highest BCUT2D eigenvalue weighted by atomic mass is 79.9. The average molecular weight is 375 g/mol. The van der Waals surface area contributed by atoms with E-state index in [9.17, 15) is 0 Å². The minimum absolute atomic E-state index is 0.660. The molecule has 6 nitrogen and oxygen atoms in total. The van der Waals surface area contributed by atoms with E-state index in [1.165, 1.54) is 18.5 Å². The topological polar surface area (TPSA) is 58.0 Å². The van der Waals surface area contributed by atoms with Crippen LogP contribution in [0.25, 0.3) is 0 Å². The number of hydrogen-bond acceptors (Lipinski definition) is 6. The minimum Gasteiger partial charge on any atom is -0.353 e. The normalized spacial score (nSPS) is 18.3. The van der Waals surface area contributed by atoms with Gasteiger partial charge in [-0.25, -0.2) is 19.9 Å². The number of anilines is 2. The summed E-state index contributed by atoms with van der Waals surface area (Å²) >= 11 is 3.37. The molecule has 0 amide bonds. The van der Waals surface area contributed by atoms with Crippen molar-refractivity contribution >= 4 is 27.7 Å². The van der Waals surface area contributed by atoms with Gasteiger partial charge < -0.3 is 9.80 Å². The molecule has 0 spiro atoms. The van der Waals surface area contributed by atoms with Crippen LogP contribution in [-0.2, 0) is 0 Å². The largest absolute Gasteiger partial charge is 0.353 e. The highest BCUT2D eigenvalue weighted by Crippen LogP contribution is 2.39. The Balaban J connectivity index is 1.46. The third-order valence-corrected chi connectivity index (χ3v) is 4.74. The van der Waals surface area contributed by atoms with Gasteiger partial charge in [0.2, 0.25) is 5.95 Å². The molecule has 0 N–H and O–H groups in total. The molecule has 0 aromatic carbocycles. The van der Waals surface area contributed by atoms with Gasteiger partial charge in [-0.05, 0) is 35.7 Å². The van der Waals surface area contributed by atoms with Crippen molar-refractivity contribution in [2.75, 3.05) is 36.0 Å². The molecule has 120 valence electrons. The van der Waals surface area contributed by atoms with Gasteiger partial charge in [-0.15, -0.1) is 0 Å². The third kappa shape index (κ3) is 3.29. The monoisotopic (exact) mass is 374 g/mol. The lowest BCUT2D eigenvalue weighted by Gasteiger charge is -2.35. The van der Waals surface area contributed by atoms with E-state index in [2.05, 4.69) is 51.7 Å². The molecule has 2 aliphatic rings. The summed E-state index contributed by atoms with van der Waals surface area (Å²) in [6, 6.07) is 2.18. The predicted octanol–water partition coefficient (Wildman–Crippen LogP) is 2.54. The molecule has 0 atom stereocenters. The fraction of sp³-hybridized carbons (Fsp3) is 0.500. The number of halogens is 1. The summed E-state index contributed by atoms with van der Waals surface area (Å²) in [5.41, 5.74) is 1.21. The number of hydrogen-bond donors (Lipinski definition) is 0. The van der Waals surface area contributed by atoms with Crippen molar-refractivity contribution in [2.24, 2.45) is 0 Å². The Labute approximate surface area is 144 Å². The van der Waals surface area contributed by atoms with Crippen molar-refractivity contribution in [3.8, 4) is 0 Å². The molecule has 1 saturated heterocycles. The molecule has 7 heteroatoms. The van der Waals surface area contributed by atoms with Gasteiger partial charge in [0.25, 0.3) is 0 Å². The zero-order valence-corrected chi connectivity index (χ0v) is 14.7. The first-order valence-electron chi connectivity index (χ1n) is 8.02. The number of aromatic nitrogens is 4. The van der Waals surface area contributed by atoms with Gasteiger partial charge in [0.05, 0.1) is 4.47 Å². The molecular weight excluding hydrogens is 356 g/mol. The van der Waals surface area contributed by atoms with Gasteiger partial charge in [-0.1, -0.05) is 0 Å². The van der Waals surface area contributed by atoms with E-state index < -0.39 is 0 Å². The van der Waals surface area contributed by atoms with Gasteiger partial charge in [-0.3, -0.25) is 0 Å². The fourth-order valence-corrected chi connectivity index (χ4v) is 3.13. The van der Waals surface area contributed by atoms with Crippen LogP contribution >= 0.6 is 15.9 Å². The van der Waals surface area contributed by atoms with Crippen molar-refractivity contribution in [1.29, 1.82) is 0 Å². The highest BCUT2D eigenvalue weighted by molar-refractivity contribution is 9.10. The summed E-state index contributed by atoms with van der Waals surface area (Å²) < 4.78 is 0.906. The second-order valence-corrected chi connectivity index (χ2v) is 7.06. The van der Waals surface area contributed by atoms with Gasteiger partial charge in [0.15, 0.2) is 0 Å². The second-order valence-electron chi connectivity index (χ2n) is 6.15. The number of piperazine rings is 1. The zero-order chi connectivity index (χ0) is 15.8. The Morgan fingerprint density at radius 2 is 1.65 bits per heavy atom. The fourth-order valence-electron chi connectivity index (χ4n) is 2.93. The standard InChI is InChI=1S/C16H19BrN6/c1-11-20-14(12-2-3-12)8-15(21-11)22-4-6-23(7-5-22)16-18-9-13(17)10-19-16/h8-10,12H,2-7H2,1H3. The van der Waals surface area contributed by atoms with E-state index in [1.807, 2.05) is 6.92 Å². The summed E-state index contributed by atoms with van der Waals surface area (Å²) in [5.74, 6) is 3.40. The molecule has 0 radical (unpaired) electrons. The van der Waals surface area contributed by atoms with Crippen LogP contribution in [0.2, 0.25) is 0 Å². The molecule has 23 heavy (non-hydrogen) atoms. The maximum atomic E-state index is 4.64. The van der Waals surface area contributed by atoms with Crippen LogP contribution in [0.5, 0.6) is 0 Å². The van der Waals surface area contributed by atoms with Crippen molar-refractivity contribution in [2.45, 2.75) is 25.7 Å². The first-order valence-corrected chi connectivity index (χ1v) is 8.81. The predicted molar refractivity (Wildman–Crippen MR) is 92.9 cm³/mol. The molecule has 1 saturated carbocycles. The van der Waals surface area contributed by atoms with E-state index >= 15 is 0 Å². The van der Waals surface area contributed by atoms with Gasteiger partial charge >= 0.3 is 0 Å². The Kier molecular flexibility index (Phi) is 3.88. The SMILES string of the molecule is Cc1nc(C2CC2)cc(N2CCN(c3ncc(Br)cn3)CC2)n1. The van der Waals surface area contributed by atoms with Crippen LogP contribution in [-0.4, -0.2) is 46.1 Å². The van der Waals surface area contributed by atoms with Gasteiger partial charge in [0.1, 0.15) is 11.6 Å². The van der Waals surface area contributed by atoms with Crippen LogP contribution in [0.1, 0.15) is 30.3 Å². The molecule has 2 aromatic rings. The first-order chi connectivity index (χ1) is 11.2. The Hall–Kier alpha value is -1.76. The van der Waals surface area contributed by atoms with Crippen molar-refractivity contribution in [1.82, 2.24) is 19.9 Å². The van der Waals surface area contributed by atoms with Gasteiger partial charge in [0, 0.05) is 56.3 Å². The Morgan fingerprint density at radius 3 is 2.30 bits per heavy atom. The summed E-state index contributed by atoms with van der Waals surface area (Å²) in [7, 11) is 0. The van der Waals surface area contributed by atoms with Crippen LogP contribution in [0.15, 0.2) is 22.9 Å². The summed E-state index contributed by atoms with van der Waals surface area (Å²) in [6.45, 7) is 5.66. The van der Waals surface area contributed by atoms with E-state index in [4.69, 9.17) is 0 Å². The highest BCUT2D eigenvalue weighted by Gasteiger charge is 2.27. The molecule has 0 unspecified atom stereocenters. The minimum atomic E-state index is 0.660. The molecule has 4 rings (SSSR count). The molecule has 1 aliphatic carbocycles. The van der Waals surface area contributed by atoms with Crippen LogP contribution in [0, 0.1) is 6.92 Å². The molecular formula is C16H19BrN6. The maximum absolute atomic E-state index is 4.64. The lowest BCUT2D eigenvalue weighted by molar-refractivity contribution is 0.632. The zero-order valence-electron chi connectivity index (χ0n) is 13.1. The molecule has 3 heterocycles. The molecule has 0 bridgehead atoms. The number of nitrogens with zero attached hydrogens (tertiary/aromatic N) is 6. The van der Waals surface area contributed by atoms with E-state index in [1.54, 1.807) is 12.4 Å². The Bertz CT molecular complexity index is 692. The van der Waals surface area contributed by atoms with E-state index in [0.29, 0.717) is 5.92 Å². The summed E-state index contributed by atoms with van der Waals surface area (Å²) in [5, 5.41) is 0. The molecule has 2 aromatic heterocycles.